The molecule has 0 radical (unpaired) electrons. The lowest BCUT2D eigenvalue weighted by Crippen LogP contribution is -2.52. The Kier molecular flexibility index (Phi) is 8.68. The minimum Gasteiger partial charge on any atom is -0.370 e. The zero-order chi connectivity index (χ0) is 23.0. The van der Waals surface area contributed by atoms with Gasteiger partial charge in [-0.25, -0.2) is 9.98 Å². The smallest absolute Gasteiger partial charge is 0.243 e. The number of aliphatic imine (C=N–C) groups is 1. The van der Waals surface area contributed by atoms with Crippen LogP contribution in [0.5, 0.6) is 0 Å². The quantitative estimate of drug-likeness (QED) is 0.248. The molecule has 0 aliphatic carbocycles. The van der Waals surface area contributed by atoms with Crippen molar-refractivity contribution in [2.24, 2.45) is 22.4 Å². The van der Waals surface area contributed by atoms with E-state index >= 15 is 0 Å². The van der Waals surface area contributed by atoms with E-state index in [0.717, 1.165) is 5.56 Å². The highest BCUT2D eigenvalue weighted by Crippen LogP contribution is 2.17. The van der Waals surface area contributed by atoms with Crippen LogP contribution in [0.3, 0.4) is 0 Å². The summed E-state index contributed by atoms with van der Waals surface area (Å²) >= 11 is 1.21. The van der Waals surface area contributed by atoms with E-state index in [1.54, 1.807) is 35.8 Å². The summed E-state index contributed by atoms with van der Waals surface area (Å²) in [6.07, 6.45) is 2.25. The molecule has 1 heterocycles. The van der Waals surface area contributed by atoms with Crippen LogP contribution in [0.4, 0.5) is 5.69 Å². The maximum Gasteiger partial charge on any atom is 0.243 e. The lowest BCUT2D eigenvalue weighted by atomic mass is 9.99. The molecule has 0 aliphatic heterocycles. The highest BCUT2D eigenvalue weighted by atomic mass is 32.1. The fraction of sp³-hybridized carbons (Fsp3) is 0.381. The molecule has 6 N–H and O–H groups in total. The largest absolute Gasteiger partial charge is 0.370 e. The fourth-order valence-corrected chi connectivity index (χ4v) is 3.65. The van der Waals surface area contributed by atoms with Gasteiger partial charge < -0.3 is 22.1 Å². The SMILES string of the molecule is CC(=O)N[C@@H](CC(C)C)C(=O)NC(Cc1ccc(N=C(N)N)cc1)C(=O)c1nccs1. The Bertz CT molecular complexity index is 921. The van der Waals surface area contributed by atoms with Gasteiger partial charge in [0.1, 0.15) is 6.04 Å². The molecule has 0 bridgehead atoms. The number of carbonyl (C=O) groups excluding carboxylic acids is 3. The van der Waals surface area contributed by atoms with Crippen LogP contribution >= 0.6 is 11.3 Å². The van der Waals surface area contributed by atoms with E-state index in [2.05, 4.69) is 20.6 Å². The van der Waals surface area contributed by atoms with Crippen molar-refractivity contribution in [1.29, 1.82) is 0 Å². The van der Waals surface area contributed by atoms with E-state index in [1.807, 2.05) is 13.8 Å². The van der Waals surface area contributed by atoms with Crippen molar-refractivity contribution in [2.45, 2.75) is 45.7 Å². The molecular weight excluding hydrogens is 416 g/mol. The number of rotatable bonds is 10. The van der Waals surface area contributed by atoms with Crippen LogP contribution < -0.4 is 22.1 Å². The van der Waals surface area contributed by atoms with Crippen molar-refractivity contribution >= 4 is 40.6 Å². The van der Waals surface area contributed by atoms with E-state index in [4.69, 9.17) is 11.5 Å². The fourth-order valence-electron chi connectivity index (χ4n) is 3.02. The van der Waals surface area contributed by atoms with Crippen LogP contribution in [0.25, 0.3) is 0 Å². The molecule has 166 valence electrons. The van der Waals surface area contributed by atoms with Gasteiger partial charge in [-0.05, 0) is 30.0 Å². The topological polar surface area (TPSA) is 153 Å². The van der Waals surface area contributed by atoms with Gasteiger partial charge in [0.25, 0.3) is 0 Å². The first-order valence-corrected chi connectivity index (χ1v) is 10.7. The Morgan fingerprint density at radius 1 is 1.10 bits per heavy atom. The van der Waals surface area contributed by atoms with Gasteiger partial charge in [0, 0.05) is 24.9 Å². The molecule has 0 fully saturated rings. The molecule has 0 aliphatic rings. The van der Waals surface area contributed by atoms with Crippen LogP contribution in [0, 0.1) is 5.92 Å². The Hall–Kier alpha value is -3.27. The maximum absolute atomic E-state index is 13.0. The van der Waals surface area contributed by atoms with E-state index in [-0.39, 0.29) is 30.0 Å². The Labute approximate surface area is 185 Å². The van der Waals surface area contributed by atoms with Crippen molar-refractivity contribution in [3.05, 3.63) is 46.4 Å². The van der Waals surface area contributed by atoms with Gasteiger partial charge in [0.05, 0.1) is 11.7 Å². The molecule has 9 nitrogen and oxygen atoms in total. The summed E-state index contributed by atoms with van der Waals surface area (Å²) in [4.78, 5) is 45.5. The Balaban J connectivity index is 2.23. The summed E-state index contributed by atoms with van der Waals surface area (Å²) in [6.45, 7) is 5.27. The number of ketones is 1. The number of nitrogens with zero attached hydrogens (tertiary/aromatic N) is 2. The second-order valence-electron chi connectivity index (χ2n) is 7.55. The molecule has 0 saturated heterocycles. The summed E-state index contributed by atoms with van der Waals surface area (Å²) in [5, 5.41) is 7.48. The van der Waals surface area contributed by atoms with Crippen molar-refractivity contribution in [3.8, 4) is 0 Å². The molecule has 0 saturated carbocycles. The van der Waals surface area contributed by atoms with E-state index in [9.17, 15) is 14.4 Å². The normalized spacial score (nSPS) is 12.6. The summed E-state index contributed by atoms with van der Waals surface area (Å²) in [7, 11) is 0. The number of nitrogens with two attached hydrogens (primary N) is 2. The molecule has 31 heavy (non-hydrogen) atoms. The van der Waals surface area contributed by atoms with E-state index in [1.165, 1.54) is 18.3 Å². The second kappa shape index (κ2) is 11.2. The molecule has 1 aromatic heterocycles. The molecule has 2 aromatic rings. The predicted molar refractivity (Wildman–Crippen MR) is 121 cm³/mol. The number of carbonyl (C=O) groups is 3. The molecule has 1 unspecified atom stereocenters. The van der Waals surface area contributed by atoms with Gasteiger partial charge in [-0.15, -0.1) is 11.3 Å². The summed E-state index contributed by atoms with van der Waals surface area (Å²) in [6, 6.07) is 5.45. The molecule has 2 atom stereocenters. The molecule has 1 aromatic carbocycles. The second-order valence-corrected chi connectivity index (χ2v) is 8.45. The van der Waals surface area contributed by atoms with Gasteiger partial charge >= 0.3 is 0 Å². The first-order chi connectivity index (χ1) is 14.7. The van der Waals surface area contributed by atoms with Crippen LogP contribution in [-0.2, 0) is 16.0 Å². The number of guanidine groups is 1. The van der Waals surface area contributed by atoms with Gasteiger partial charge in [-0.2, -0.15) is 0 Å². The van der Waals surface area contributed by atoms with E-state index in [0.29, 0.717) is 17.1 Å². The number of hydrogen-bond donors (Lipinski definition) is 4. The van der Waals surface area contributed by atoms with Gasteiger partial charge in [-0.1, -0.05) is 26.0 Å². The average Bonchev–Trinajstić information content (AvgIpc) is 3.21. The lowest BCUT2D eigenvalue weighted by Gasteiger charge is -2.23. The zero-order valence-corrected chi connectivity index (χ0v) is 18.6. The summed E-state index contributed by atoms with van der Waals surface area (Å²) in [5.74, 6) is -0.873. The van der Waals surface area contributed by atoms with Crippen LogP contribution in [0.15, 0.2) is 40.8 Å². The lowest BCUT2D eigenvalue weighted by molar-refractivity contribution is -0.128. The van der Waals surface area contributed by atoms with Gasteiger partial charge in [0.15, 0.2) is 11.0 Å². The van der Waals surface area contributed by atoms with Crippen LogP contribution in [-0.4, -0.2) is 40.6 Å². The average molecular weight is 445 g/mol. The van der Waals surface area contributed by atoms with E-state index < -0.39 is 18.0 Å². The maximum atomic E-state index is 13.0. The monoisotopic (exact) mass is 444 g/mol. The molecule has 10 heteroatoms. The predicted octanol–water partition coefficient (Wildman–Crippen LogP) is 1.51. The van der Waals surface area contributed by atoms with Crippen molar-refractivity contribution < 1.29 is 14.4 Å². The third-order valence-electron chi connectivity index (χ3n) is 4.31. The van der Waals surface area contributed by atoms with Crippen LogP contribution in [0.2, 0.25) is 0 Å². The minimum atomic E-state index is -0.837. The first kappa shape index (κ1) is 24.0. The van der Waals surface area contributed by atoms with Gasteiger partial charge in [-0.3, -0.25) is 14.4 Å². The number of Topliss-reactive ketones (excluding diaryl/α,β-unsaturated/α-hetero) is 1. The van der Waals surface area contributed by atoms with Crippen LogP contribution in [0.1, 0.15) is 42.6 Å². The minimum absolute atomic E-state index is 0.0500. The number of aromatic nitrogens is 1. The highest BCUT2D eigenvalue weighted by Gasteiger charge is 2.28. The Morgan fingerprint density at radius 2 is 1.77 bits per heavy atom. The summed E-state index contributed by atoms with van der Waals surface area (Å²) < 4.78 is 0. The first-order valence-electron chi connectivity index (χ1n) is 9.85. The number of nitrogens with one attached hydrogen (secondary N) is 2. The Morgan fingerprint density at radius 3 is 2.29 bits per heavy atom. The van der Waals surface area contributed by atoms with Crippen molar-refractivity contribution in [2.75, 3.05) is 0 Å². The van der Waals surface area contributed by atoms with Gasteiger partial charge in [0.2, 0.25) is 17.6 Å². The third-order valence-corrected chi connectivity index (χ3v) is 5.10. The molecular formula is C21H28N6O3S. The summed E-state index contributed by atoms with van der Waals surface area (Å²) in [5.41, 5.74) is 12.2. The van der Waals surface area contributed by atoms with Crippen molar-refractivity contribution in [1.82, 2.24) is 15.6 Å². The molecule has 2 rings (SSSR count). The number of benzene rings is 1. The number of hydrogen-bond acceptors (Lipinski definition) is 6. The molecule has 2 amide bonds. The standard InChI is InChI=1S/C21H28N6O3S/c1-12(2)10-17(25-13(3)28)19(30)27-16(18(29)20-24-8-9-31-20)11-14-4-6-15(7-5-14)26-21(22)23/h4-9,12,16-17H,10-11H2,1-3H3,(H,25,28)(H,27,30)(H4,22,23,26)/t16?,17-/m0/s1. The number of thiazole rings is 1. The zero-order valence-electron chi connectivity index (χ0n) is 17.8. The molecule has 0 spiro atoms. The third kappa shape index (κ3) is 7.82. The number of amides is 2. The highest BCUT2D eigenvalue weighted by molar-refractivity contribution is 7.11. The van der Waals surface area contributed by atoms with Crippen molar-refractivity contribution in [3.63, 3.8) is 0 Å².